The lowest BCUT2D eigenvalue weighted by molar-refractivity contribution is 0.0934. The van der Waals surface area contributed by atoms with Crippen LogP contribution in [-0.2, 0) is 6.42 Å². The molecule has 138 valence electrons. The molecule has 6 heteroatoms. The lowest BCUT2D eigenvalue weighted by Crippen LogP contribution is -2.34. The summed E-state index contributed by atoms with van der Waals surface area (Å²) in [4.78, 5) is 12.5. The largest absolute Gasteiger partial charge is 0.496 e. The van der Waals surface area contributed by atoms with Crippen LogP contribution in [0.4, 0.5) is 0 Å². The fraction of sp³-hybridized carbons (Fsp3) is 0.238. The van der Waals surface area contributed by atoms with Crippen LogP contribution in [0.3, 0.4) is 0 Å². The van der Waals surface area contributed by atoms with Gasteiger partial charge in [-0.25, -0.2) is 0 Å². The number of methoxy groups -OCH3 is 1. The zero-order valence-electron chi connectivity index (χ0n) is 15.1. The Hall–Kier alpha value is -3.28. The molecule has 0 bridgehead atoms. The van der Waals surface area contributed by atoms with E-state index >= 15 is 0 Å². The second kappa shape index (κ2) is 7.53. The topological polar surface area (TPSA) is 76.2 Å². The molecule has 0 radical (unpaired) electrons. The lowest BCUT2D eigenvalue weighted by atomic mass is 9.97. The second-order valence-corrected chi connectivity index (χ2v) is 6.57. The van der Waals surface area contributed by atoms with Gasteiger partial charge < -0.3 is 14.8 Å². The van der Waals surface area contributed by atoms with Crippen molar-refractivity contribution in [1.82, 2.24) is 15.5 Å². The van der Waals surface area contributed by atoms with Gasteiger partial charge in [-0.3, -0.25) is 9.89 Å². The molecule has 1 aliphatic heterocycles. The van der Waals surface area contributed by atoms with E-state index in [0.29, 0.717) is 30.3 Å². The van der Waals surface area contributed by atoms with E-state index in [1.54, 1.807) is 13.2 Å². The van der Waals surface area contributed by atoms with Gasteiger partial charge in [-0.1, -0.05) is 30.3 Å². The minimum atomic E-state index is -0.178. The molecule has 27 heavy (non-hydrogen) atoms. The van der Waals surface area contributed by atoms with Crippen molar-refractivity contribution in [3.63, 3.8) is 0 Å². The van der Waals surface area contributed by atoms with Crippen molar-refractivity contribution in [1.29, 1.82) is 0 Å². The standard InChI is InChI=1S/C21H21N3O3/c1-26-20-9-5-3-7-16(20)17-11-18(24-23-17)21(25)22-12-14-10-15-6-2-4-8-19(15)27-13-14/h2-9,11,14H,10,12-13H2,1H3,(H,22,25)(H,23,24)/t14-/m1/s1. The summed E-state index contributed by atoms with van der Waals surface area (Å²) < 4.78 is 11.1. The molecule has 0 saturated carbocycles. The molecule has 0 saturated heterocycles. The Kier molecular flexibility index (Phi) is 4.78. The molecular formula is C21H21N3O3. The number of hydrogen-bond acceptors (Lipinski definition) is 4. The first-order valence-corrected chi connectivity index (χ1v) is 8.92. The predicted molar refractivity (Wildman–Crippen MR) is 102 cm³/mol. The summed E-state index contributed by atoms with van der Waals surface area (Å²) in [6.45, 7) is 1.16. The van der Waals surface area contributed by atoms with Gasteiger partial charge in [0.25, 0.3) is 5.91 Å². The third-order valence-corrected chi connectivity index (χ3v) is 4.71. The number of hydrogen-bond donors (Lipinski definition) is 2. The molecule has 1 aliphatic rings. The van der Waals surface area contributed by atoms with Crippen LogP contribution >= 0.6 is 0 Å². The van der Waals surface area contributed by atoms with E-state index in [4.69, 9.17) is 9.47 Å². The van der Waals surface area contributed by atoms with Crippen molar-refractivity contribution in [3.05, 3.63) is 65.9 Å². The number of ether oxygens (including phenoxy) is 2. The Bertz CT molecular complexity index is 951. The summed E-state index contributed by atoms with van der Waals surface area (Å²) in [6.07, 6.45) is 0.895. The van der Waals surface area contributed by atoms with Gasteiger partial charge in [0.1, 0.15) is 17.2 Å². The van der Waals surface area contributed by atoms with Crippen molar-refractivity contribution in [2.45, 2.75) is 6.42 Å². The van der Waals surface area contributed by atoms with Crippen LogP contribution in [0.25, 0.3) is 11.3 Å². The summed E-state index contributed by atoms with van der Waals surface area (Å²) in [5.41, 5.74) is 3.12. The molecular weight excluding hydrogens is 342 g/mol. The molecule has 0 aliphatic carbocycles. The van der Waals surface area contributed by atoms with Gasteiger partial charge in [0.15, 0.2) is 0 Å². The quantitative estimate of drug-likeness (QED) is 0.730. The number of para-hydroxylation sites is 2. The Morgan fingerprint density at radius 2 is 2.07 bits per heavy atom. The van der Waals surface area contributed by atoms with Crippen LogP contribution in [0.5, 0.6) is 11.5 Å². The zero-order chi connectivity index (χ0) is 18.6. The number of aromatic nitrogens is 2. The van der Waals surface area contributed by atoms with Gasteiger partial charge >= 0.3 is 0 Å². The fourth-order valence-electron chi connectivity index (χ4n) is 3.29. The van der Waals surface area contributed by atoms with Crippen molar-refractivity contribution >= 4 is 5.91 Å². The molecule has 0 unspecified atom stereocenters. The van der Waals surface area contributed by atoms with Gasteiger partial charge in [0.2, 0.25) is 0 Å². The number of carbonyl (C=O) groups excluding carboxylic acids is 1. The van der Waals surface area contributed by atoms with E-state index in [-0.39, 0.29) is 11.8 Å². The monoisotopic (exact) mass is 363 g/mol. The first-order chi connectivity index (χ1) is 13.2. The number of benzene rings is 2. The van der Waals surface area contributed by atoms with E-state index in [0.717, 1.165) is 17.7 Å². The first-order valence-electron chi connectivity index (χ1n) is 8.92. The highest BCUT2D eigenvalue weighted by atomic mass is 16.5. The van der Waals surface area contributed by atoms with E-state index in [9.17, 15) is 4.79 Å². The maximum Gasteiger partial charge on any atom is 0.269 e. The third kappa shape index (κ3) is 3.65. The number of nitrogens with zero attached hydrogens (tertiary/aromatic N) is 1. The molecule has 0 spiro atoms. The summed E-state index contributed by atoms with van der Waals surface area (Å²) in [5.74, 6) is 1.73. The average molecular weight is 363 g/mol. The summed E-state index contributed by atoms with van der Waals surface area (Å²) >= 11 is 0. The summed E-state index contributed by atoms with van der Waals surface area (Å²) in [7, 11) is 1.61. The Morgan fingerprint density at radius 1 is 1.26 bits per heavy atom. The minimum absolute atomic E-state index is 0.178. The molecule has 1 atom stereocenters. The molecule has 6 nitrogen and oxygen atoms in total. The summed E-state index contributed by atoms with van der Waals surface area (Å²) in [6, 6.07) is 17.3. The highest BCUT2D eigenvalue weighted by Crippen LogP contribution is 2.28. The van der Waals surface area contributed by atoms with Gasteiger partial charge in [0.05, 0.1) is 19.4 Å². The number of amides is 1. The normalized spacial score (nSPS) is 15.5. The number of H-pyrrole nitrogens is 1. The molecule has 0 fully saturated rings. The molecule has 3 aromatic rings. The van der Waals surface area contributed by atoms with Crippen LogP contribution in [0, 0.1) is 5.92 Å². The maximum atomic E-state index is 12.5. The number of nitrogens with one attached hydrogen (secondary N) is 2. The predicted octanol–water partition coefficient (Wildman–Crippen LogP) is 3.07. The third-order valence-electron chi connectivity index (χ3n) is 4.71. The molecule has 4 rings (SSSR count). The highest BCUT2D eigenvalue weighted by Gasteiger charge is 2.21. The molecule has 2 N–H and O–H groups in total. The van der Waals surface area contributed by atoms with Gasteiger partial charge in [-0.05, 0) is 36.2 Å². The Balaban J connectivity index is 1.39. The van der Waals surface area contributed by atoms with E-state index in [1.807, 2.05) is 42.5 Å². The van der Waals surface area contributed by atoms with E-state index < -0.39 is 0 Å². The van der Waals surface area contributed by atoms with Crippen LogP contribution in [0.15, 0.2) is 54.6 Å². The van der Waals surface area contributed by atoms with Gasteiger partial charge in [-0.15, -0.1) is 0 Å². The fourth-order valence-corrected chi connectivity index (χ4v) is 3.29. The van der Waals surface area contributed by atoms with Gasteiger partial charge in [0, 0.05) is 18.0 Å². The number of rotatable bonds is 5. The van der Waals surface area contributed by atoms with E-state index in [2.05, 4.69) is 21.6 Å². The van der Waals surface area contributed by atoms with Gasteiger partial charge in [-0.2, -0.15) is 5.10 Å². The van der Waals surface area contributed by atoms with E-state index in [1.165, 1.54) is 5.56 Å². The molecule has 2 heterocycles. The summed E-state index contributed by atoms with van der Waals surface area (Å²) in [5, 5.41) is 10.0. The second-order valence-electron chi connectivity index (χ2n) is 6.57. The molecule has 2 aromatic carbocycles. The van der Waals surface area contributed by atoms with Crippen molar-refractivity contribution in [3.8, 4) is 22.8 Å². The van der Waals surface area contributed by atoms with Crippen LogP contribution in [-0.4, -0.2) is 36.4 Å². The zero-order valence-corrected chi connectivity index (χ0v) is 15.1. The minimum Gasteiger partial charge on any atom is -0.496 e. The number of carbonyl (C=O) groups is 1. The first kappa shape index (κ1) is 17.1. The Morgan fingerprint density at radius 3 is 2.96 bits per heavy atom. The molecule has 1 amide bonds. The Labute approximate surface area is 157 Å². The van der Waals surface area contributed by atoms with Crippen LogP contribution < -0.4 is 14.8 Å². The number of fused-ring (bicyclic) bond motifs is 1. The van der Waals surface area contributed by atoms with Crippen molar-refractivity contribution in [2.24, 2.45) is 5.92 Å². The van der Waals surface area contributed by atoms with Crippen LogP contribution in [0.1, 0.15) is 16.1 Å². The van der Waals surface area contributed by atoms with Crippen molar-refractivity contribution in [2.75, 3.05) is 20.3 Å². The van der Waals surface area contributed by atoms with Crippen LogP contribution in [0.2, 0.25) is 0 Å². The SMILES string of the molecule is COc1ccccc1-c1cc(C(=O)NC[C@@H]2COc3ccccc3C2)[nH]n1. The molecule has 1 aromatic heterocycles. The maximum absolute atomic E-state index is 12.5. The smallest absolute Gasteiger partial charge is 0.269 e. The lowest BCUT2D eigenvalue weighted by Gasteiger charge is -2.25. The average Bonchev–Trinajstić information content (AvgIpc) is 3.22. The van der Waals surface area contributed by atoms with Crippen molar-refractivity contribution < 1.29 is 14.3 Å². The number of aromatic amines is 1. The highest BCUT2D eigenvalue weighted by molar-refractivity contribution is 5.93.